The zero-order chi connectivity index (χ0) is 28.1. The van der Waals surface area contributed by atoms with Gasteiger partial charge in [0.15, 0.2) is 6.61 Å². The number of alkyl halides is 3. The molecule has 1 aliphatic heterocycles. The van der Waals surface area contributed by atoms with Gasteiger partial charge in [0.1, 0.15) is 29.7 Å². The standard InChI is InChI=1S/C22H23F3N3O9P/c1-3-9-34-20(31)13(2)27-38(33,37-14-7-5-4-6-8-14)35-12-17-16(29)10-18(36-17)28-11-15(22(23,24)25)19(30)26-21(28)32/h1,4-8,11,13,16-18,29H,9-10,12H2,2H3,(H,27,33)(H,26,30,32)/t13-,16+,17-,18-,38?/m0/s1. The number of aromatic nitrogens is 2. The van der Waals surface area contributed by atoms with Crippen molar-refractivity contribution in [3.8, 4) is 18.1 Å². The molecule has 2 heterocycles. The number of carbonyl (C=O) groups is 1. The Bertz CT molecular complexity index is 1340. The lowest BCUT2D eigenvalue weighted by atomic mass is 10.2. The molecule has 1 aromatic heterocycles. The van der Waals surface area contributed by atoms with Crippen molar-refractivity contribution in [3.05, 3.63) is 62.9 Å². The smallest absolute Gasteiger partial charge is 0.451 e. The molecule has 0 bridgehead atoms. The number of esters is 1. The maximum absolute atomic E-state index is 13.5. The van der Waals surface area contributed by atoms with E-state index in [2.05, 4.69) is 11.0 Å². The van der Waals surface area contributed by atoms with Crippen molar-refractivity contribution in [1.82, 2.24) is 14.6 Å². The van der Waals surface area contributed by atoms with Gasteiger partial charge >= 0.3 is 25.6 Å². The zero-order valence-corrected chi connectivity index (χ0v) is 20.6. The molecule has 1 unspecified atom stereocenters. The monoisotopic (exact) mass is 561 g/mol. The van der Waals surface area contributed by atoms with Gasteiger partial charge in [-0.2, -0.15) is 18.3 Å². The maximum Gasteiger partial charge on any atom is 0.459 e. The lowest BCUT2D eigenvalue weighted by molar-refractivity contribution is -0.144. The fraction of sp³-hybridized carbons (Fsp3) is 0.409. The van der Waals surface area contributed by atoms with E-state index in [-0.39, 0.29) is 25.0 Å². The van der Waals surface area contributed by atoms with E-state index in [1.165, 1.54) is 19.1 Å². The Morgan fingerprint density at radius 1 is 1.37 bits per heavy atom. The van der Waals surface area contributed by atoms with Crippen LogP contribution in [0.25, 0.3) is 0 Å². The van der Waals surface area contributed by atoms with E-state index in [9.17, 15) is 37.2 Å². The molecule has 5 atom stereocenters. The van der Waals surface area contributed by atoms with Crippen LogP contribution in [-0.2, 0) is 29.5 Å². The van der Waals surface area contributed by atoms with Crippen LogP contribution in [0, 0.1) is 12.3 Å². The Morgan fingerprint density at radius 3 is 2.68 bits per heavy atom. The van der Waals surface area contributed by atoms with Crippen molar-refractivity contribution >= 4 is 13.7 Å². The highest BCUT2D eigenvalue weighted by Gasteiger charge is 2.41. The van der Waals surface area contributed by atoms with E-state index in [1.54, 1.807) is 23.2 Å². The first-order valence-electron chi connectivity index (χ1n) is 11.0. The van der Waals surface area contributed by atoms with Gasteiger partial charge in [-0.1, -0.05) is 24.1 Å². The van der Waals surface area contributed by atoms with Gasteiger partial charge in [-0.3, -0.25) is 23.7 Å². The molecular weight excluding hydrogens is 538 g/mol. The molecule has 0 radical (unpaired) electrons. The Labute approximate surface area is 213 Å². The number of aliphatic hydroxyl groups excluding tert-OH is 1. The maximum atomic E-state index is 13.5. The van der Waals surface area contributed by atoms with E-state index in [0.717, 1.165) is 0 Å². The molecule has 3 N–H and O–H groups in total. The third-order valence-corrected chi connectivity index (χ3v) is 6.81. The molecule has 1 aromatic carbocycles. The van der Waals surface area contributed by atoms with Crippen LogP contribution in [0.5, 0.6) is 5.75 Å². The van der Waals surface area contributed by atoms with Crippen molar-refractivity contribution in [2.75, 3.05) is 13.2 Å². The molecule has 1 aliphatic rings. The van der Waals surface area contributed by atoms with Crippen LogP contribution in [0.2, 0.25) is 0 Å². The Balaban J connectivity index is 1.76. The summed E-state index contributed by atoms with van der Waals surface area (Å²) in [6.45, 7) is 0.339. The molecule has 1 fully saturated rings. The van der Waals surface area contributed by atoms with Crippen molar-refractivity contribution in [1.29, 1.82) is 0 Å². The zero-order valence-electron chi connectivity index (χ0n) is 19.7. The van der Waals surface area contributed by atoms with Crippen molar-refractivity contribution < 1.29 is 46.2 Å². The molecule has 1 saturated heterocycles. The third-order valence-electron chi connectivity index (χ3n) is 5.17. The van der Waals surface area contributed by atoms with Crippen LogP contribution in [0.3, 0.4) is 0 Å². The second-order valence-corrected chi connectivity index (χ2v) is 9.69. The van der Waals surface area contributed by atoms with E-state index < -0.39 is 67.8 Å². The lowest BCUT2D eigenvalue weighted by Gasteiger charge is -2.24. The third kappa shape index (κ3) is 7.33. The molecule has 0 amide bonds. The van der Waals surface area contributed by atoms with Crippen molar-refractivity contribution in [3.63, 3.8) is 0 Å². The molecule has 12 nitrogen and oxygen atoms in total. The second kappa shape index (κ2) is 12.0. The fourth-order valence-corrected chi connectivity index (χ4v) is 4.85. The van der Waals surface area contributed by atoms with Crippen LogP contribution >= 0.6 is 7.75 Å². The van der Waals surface area contributed by atoms with E-state index >= 15 is 0 Å². The molecule has 0 aliphatic carbocycles. The average molecular weight is 561 g/mol. The number of terminal acetylenes is 1. The van der Waals surface area contributed by atoms with Crippen LogP contribution in [-0.4, -0.2) is 52.1 Å². The number of hydrogen-bond acceptors (Lipinski definition) is 9. The second-order valence-electron chi connectivity index (χ2n) is 8.00. The number of halogens is 3. The topological polar surface area (TPSA) is 158 Å². The number of nitrogens with one attached hydrogen (secondary N) is 2. The van der Waals surface area contributed by atoms with Crippen LogP contribution in [0.1, 0.15) is 25.1 Å². The number of nitrogens with zero attached hydrogens (tertiary/aromatic N) is 1. The lowest BCUT2D eigenvalue weighted by Crippen LogP contribution is -2.37. The Hall–Kier alpha value is -3.41. The van der Waals surface area contributed by atoms with Gasteiger partial charge in [0.2, 0.25) is 0 Å². The first kappa shape index (κ1) is 29.2. The molecule has 3 rings (SSSR count). The number of H-pyrrole nitrogens is 1. The number of rotatable bonds is 10. The van der Waals surface area contributed by atoms with Gasteiger partial charge in [-0.25, -0.2) is 9.36 Å². The normalized spacial score (nSPS) is 21.7. The first-order chi connectivity index (χ1) is 17.8. The highest BCUT2D eigenvalue weighted by molar-refractivity contribution is 7.52. The Kier molecular flexibility index (Phi) is 9.18. The summed E-state index contributed by atoms with van der Waals surface area (Å²) in [6, 6.07) is 6.51. The number of hydrogen-bond donors (Lipinski definition) is 3. The van der Waals surface area contributed by atoms with Crippen LogP contribution in [0.15, 0.2) is 46.1 Å². The minimum Gasteiger partial charge on any atom is -0.451 e. The van der Waals surface area contributed by atoms with Gasteiger partial charge in [0.05, 0.1) is 12.7 Å². The largest absolute Gasteiger partial charge is 0.459 e. The number of aromatic amines is 1. The fourth-order valence-electron chi connectivity index (χ4n) is 3.35. The summed E-state index contributed by atoms with van der Waals surface area (Å²) in [4.78, 5) is 37.3. The van der Waals surface area contributed by atoms with Gasteiger partial charge < -0.3 is 19.1 Å². The summed E-state index contributed by atoms with van der Waals surface area (Å²) in [5.41, 5.74) is -4.46. The SMILES string of the molecule is C#CCOC(=O)[C@H](C)NP(=O)(OC[C@@H]1O[C@H](n2cc(C(F)(F)F)c(=O)[nH]c2=O)C[C@H]1O)Oc1ccccc1. The summed E-state index contributed by atoms with van der Waals surface area (Å²) < 4.78 is 74.4. The summed E-state index contributed by atoms with van der Waals surface area (Å²) in [6.07, 6.45) is -4.14. The molecule has 38 heavy (non-hydrogen) atoms. The summed E-state index contributed by atoms with van der Waals surface area (Å²) in [5.74, 6) is 1.34. The van der Waals surface area contributed by atoms with Crippen molar-refractivity contribution in [2.45, 2.75) is 44.0 Å². The van der Waals surface area contributed by atoms with Crippen molar-refractivity contribution in [2.24, 2.45) is 0 Å². The molecule has 16 heteroatoms. The first-order valence-corrected chi connectivity index (χ1v) is 12.5. The predicted octanol–water partition coefficient (Wildman–Crippen LogP) is 1.56. The van der Waals surface area contributed by atoms with Gasteiger partial charge in [0.25, 0.3) is 5.56 Å². The van der Waals surface area contributed by atoms with E-state index in [1.807, 2.05) is 0 Å². The van der Waals surface area contributed by atoms with Gasteiger partial charge in [-0.05, 0) is 19.1 Å². The van der Waals surface area contributed by atoms with Crippen LogP contribution < -0.4 is 20.9 Å². The number of benzene rings is 1. The highest BCUT2D eigenvalue weighted by atomic mass is 31.2. The van der Waals surface area contributed by atoms with E-state index in [4.69, 9.17) is 24.9 Å². The summed E-state index contributed by atoms with van der Waals surface area (Å²) >= 11 is 0. The van der Waals surface area contributed by atoms with E-state index in [0.29, 0.717) is 4.57 Å². The highest BCUT2D eigenvalue weighted by Crippen LogP contribution is 2.46. The molecular formula is C22H23F3N3O9P. The average Bonchev–Trinajstić information content (AvgIpc) is 3.21. The molecule has 0 spiro atoms. The summed E-state index contributed by atoms with van der Waals surface area (Å²) in [7, 11) is -4.36. The molecule has 0 saturated carbocycles. The van der Waals surface area contributed by atoms with Crippen LogP contribution in [0.4, 0.5) is 13.2 Å². The Morgan fingerprint density at radius 2 is 2.05 bits per heavy atom. The molecule has 2 aromatic rings. The minimum absolute atomic E-state index is 0.0952. The quantitative estimate of drug-likeness (QED) is 0.221. The number of ether oxygens (including phenoxy) is 2. The van der Waals surface area contributed by atoms with Gasteiger partial charge in [0, 0.05) is 12.6 Å². The molecule has 206 valence electrons. The number of aliphatic hydroxyl groups is 1. The number of carbonyl (C=O) groups excluding carboxylic acids is 1. The summed E-state index contributed by atoms with van der Waals surface area (Å²) in [5, 5.41) is 12.8. The number of para-hydroxylation sites is 1. The van der Waals surface area contributed by atoms with Gasteiger partial charge in [-0.15, -0.1) is 6.42 Å². The minimum atomic E-state index is -5.05. The predicted molar refractivity (Wildman–Crippen MR) is 124 cm³/mol.